The van der Waals surface area contributed by atoms with Gasteiger partial charge < -0.3 is 9.64 Å². The summed E-state index contributed by atoms with van der Waals surface area (Å²) in [6.45, 7) is 4.46. The highest BCUT2D eigenvalue weighted by molar-refractivity contribution is 5.70. The van der Waals surface area contributed by atoms with Crippen LogP contribution in [0.5, 0.6) is 0 Å². The lowest BCUT2D eigenvalue weighted by molar-refractivity contribution is -0.384. The Morgan fingerprint density at radius 3 is 2.68 bits per heavy atom. The molecule has 1 aromatic carbocycles. The molecule has 0 aromatic heterocycles. The molecule has 6 heteroatoms. The Bertz CT molecular complexity index is 474. The van der Waals surface area contributed by atoms with Gasteiger partial charge in [-0.15, -0.1) is 0 Å². The summed E-state index contributed by atoms with van der Waals surface area (Å²) in [5.74, 6) is -0.242. The number of nitrogens with zero attached hydrogens (tertiary/aromatic N) is 2. The number of aryl methyl sites for hydroxylation is 1. The molecule has 0 radical (unpaired) electrons. The molecule has 0 aliphatic carbocycles. The lowest BCUT2D eigenvalue weighted by Crippen LogP contribution is -2.22. The molecule has 0 N–H and O–H groups in total. The van der Waals surface area contributed by atoms with Gasteiger partial charge in [0.15, 0.2) is 0 Å². The number of rotatable bonds is 6. The molecule has 0 spiro atoms. The van der Waals surface area contributed by atoms with Gasteiger partial charge in [-0.3, -0.25) is 14.9 Å². The smallest absolute Gasteiger partial charge is 0.307 e. The van der Waals surface area contributed by atoms with Crippen molar-refractivity contribution < 1.29 is 14.5 Å². The van der Waals surface area contributed by atoms with Crippen molar-refractivity contribution in [2.24, 2.45) is 0 Å². The van der Waals surface area contributed by atoms with Gasteiger partial charge in [0.2, 0.25) is 0 Å². The molecule has 0 fully saturated rings. The Labute approximate surface area is 112 Å². The number of nitro benzene ring substituents is 1. The standard InChI is InChI=1S/C13H18N2O4/c1-4-19-13(16)7-8-14(3)12-6-5-11(15(17)18)9-10(12)2/h5-6,9H,4,7-8H2,1-3H3. The molecule has 0 heterocycles. The maximum atomic E-state index is 11.3. The first-order valence-corrected chi connectivity index (χ1v) is 6.07. The summed E-state index contributed by atoms with van der Waals surface area (Å²) in [5, 5.41) is 10.7. The van der Waals surface area contributed by atoms with E-state index in [1.807, 2.05) is 18.9 Å². The first kappa shape index (κ1) is 14.9. The predicted octanol–water partition coefficient (Wildman–Crippen LogP) is 2.29. The fraction of sp³-hybridized carbons (Fsp3) is 0.462. The normalized spacial score (nSPS) is 10.1. The van der Waals surface area contributed by atoms with Gasteiger partial charge in [-0.1, -0.05) is 0 Å². The van der Waals surface area contributed by atoms with Crippen LogP contribution in [0.3, 0.4) is 0 Å². The van der Waals surface area contributed by atoms with Crippen LogP contribution in [-0.4, -0.2) is 31.1 Å². The van der Waals surface area contributed by atoms with E-state index in [9.17, 15) is 14.9 Å². The van der Waals surface area contributed by atoms with E-state index < -0.39 is 4.92 Å². The topological polar surface area (TPSA) is 72.7 Å². The van der Waals surface area contributed by atoms with E-state index in [0.717, 1.165) is 11.3 Å². The van der Waals surface area contributed by atoms with E-state index in [4.69, 9.17) is 4.74 Å². The van der Waals surface area contributed by atoms with E-state index in [-0.39, 0.29) is 11.7 Å². The molecule has 0 aliphatic heterocycles. The molecule has 104 valence electrons. The molecule has 6 nitrogen and oxygen atoms in total. The van der Waals surface area contributed by atoms with Gasteiger partial charge >= 0.3 is 5.97 Å². The zero-order valence-electron chi connectivity index (χ0n) is 11.4. The molecule has 0 unspecified atom stereocenters. The Morgan fingerprint density at radius 2 is 2.16 bits per heavy atom. The molecule has 1 aromatic rings. The van der Waals surface area contributed by atoms with Gasteiger partial charge in [-0.25, -0.2) is 0 Å². The van der Waals surface area contributed by atoms with E-state index in [0.29, 0.717) is 19.6 Å². The maximum absolute atomic E-state index is 11.3. The molecular weight excluding hydrogens is 248 g/mol. The number of hydrogen-bond acceptors (Lipinski definition) is 5. The first-order valence-electron chi connectivity index (χ1n) is 6.07. The van der Waals surface area contributed by atoms with Crippen molar-refractivity contribution in [1.82, 2.24) is 0 Å². The first-order chi connectivity index (χ1) is 8.95. The summed E-state index contributed by atoms with van der Waals surface area (Å²) in [6, 6.07) is 4.68. The Kier molecular flexibility index (Phi) is 5.29. The van der Waals surface area contributed by atoms with Crippen LogP contribution in [0.4, 0.5) is 11.4 Å². The van der Waals surface area contributed by atoms with Crippen LogP contribution >= 0.6 is 0 Å². The molecular formula is C13H18N2O4. The average Bonchev–Trinajstić information content (AvgIpc) is 2.36. The zero-order chi connectivity index (χ0) is 14.4. The van der Waals surface area contributed by atoms with Gasteiger partial charge in [-0.2, -0.15) is 0 Å². The van der Waals surface area contributed by atoms with Crippen molar-refractivity contribution in [3.63, 3.8) is 0 Å². The van der Waals surface area contributed by atoms with Crippen LogP contribution < -0.4 is 4.90 Å². The third-order valence-corrected chi connectivity index (χ3v) is 2.76. The number of anilines is 1. The van der Waals surface area contributed by atoms with Crippen molar-refractivity contribution >= 4 is 17.3 Å². The lowest BCUT2D eigenvalue weighted by atomic mass is 10.1. The largest absolute Gasteiger partial charge is 0.466 e. The average molecular weight is 266 g/mol. The van der Waals surface area contributed by atoms with Crippen molar-refractivity contribution in [2.45, 2.75) is 20.3 Å². The Hall–Kier alpha value is -2.11. The van der Waals surface area contributed by atoms with Crippen molar-refractivity contribution in [3.8, 4) is 0 Å². The highest BCUT2D eigenvalue weighted by Gasteiger charge is 2.12. The van der Waals surface area contributed by atoms with E-state index >= 15 is 0 Å². The van der Waals surface area contributed by atoms with Gasteiger partial charge in [0.1, 0.15) is 0 Å². The zero-order valence-corrected chi connectivity index (χ0v) is 11.4. The minimum atomic E-state index is -0.421. The summed E-state index contributed by atoms with van der Waals surface area (Å²) >= 11 is 0. The summed E-state index contributed by atoms with van der Waals surface area (Å²) in [7, 11) is 1.84. The number of carbonyl (C=O) groups excluding carboxylic acids is 1. The van der Waals surface area contributed by atoms with Gasteiger partial charge in [-0.05, 0) is 25.5 Å². The Balaban J connectivity index is 2.69. The number of ether oxygens (including phenoxy) is 1. The second-order valence-corrected chi connectivity index (χ2v) is 4.20. The van der Waals surface area contributed by atoms with Crippen LogP contribution in [-0.2, 0) is 9.53 Å². The van der Waals surface area contributed by atoms with Crippen LogP contribution in [0, 0.1) is 17.0 Å². The number of esters is 1. The molecule has 0 atom stereocenters. The molecule has 0 aliphatic rings. The molecule has 1 rings (SSSR count). The Morgan fingerprint density at radius 1 is 1.47 bits per heavy atom. The second kappa shape index (κ2) is 6.72. The quantitative estimate of drug-likeness (QED) is 0.448. The summed E-state index contributed by atoms with van der Waals surface area (Å²) in [6.07, 6.45) is 0.292. The maximum Gasteiger partial charge on any atom is 0.307 e. The fourth-order valence-corrected chi connectivity index (χ4v) is 1.79. The third kappa shape index (κ3) is 4.24. The third-order valence-electron chi connectivity index (χ3n) is 2.76. The number of nitro groups is 1. The second-order valence-electron chi connectivity index (χ2n) is 4.20. The van der Waals surface area contributed by atoms with Gasteiger partial charge in [0, 0.05) is 31.4 Å². The van der Waals surface area contributed by atoms with Crippen molar-refractivity contribution in [3.05, 3.63) is 33.9 Å². The van der Waals surface area contributed by atoms with Crippen molar-refractivity contribution in [1.29, 1.82) is 0 Å². The number of benzene rings is 1. The number of hydrogen-bond donors (Lipinski definition) is 0. The van der Waals surface area contributed by atoms with E-state index in [1.165, 1.54) is 12.1 Å². The van der Waals surface area contributed by atoms with Gasteiger partial charge in [0.25, 0.3) is 5.69 Å². The fourth-order valence-electron chi connectivity index (χ4n) is 1.79. The van der Waals surface area contributed by atoms with E-state index in [2.05, 4.69) is 0 Å². The lowest BCUT2D eigenvalue weighted by Gasteiger charge is -2.20. The van der Waals surface area contributed by atoms with Crippen LogP contribution in [0.15, 0.2) is 18.2 Å². The monoisotopic (exact) mass is 266 g/mol. The SMILES string of the molecule is CCOC(=O)CCN(C)c1ccc([N+](=O)[O-])cc1C. The molecule has 0 saturated carbocycles. The van der Waals surface area contributed by atoms with Crippen LogP contribution in [0.2, 0.25) is 0 Å². The predicted molar refractivity (Wildman–Crippen MR) is 72.4 cm³/mol. The molecule has 0 bridgehead atoms. The van der Waals surface area contributed by atoms with Gasteiger partial charge in [0.05, 0.1) is 18.0 Å². The number of non-ortho nitro benzene ring substituents is 1. The van der Waals surface area contributed by atoms with Crippen molar-refractivity contribution in [2.75, 3.05) is 25.1 Å². The molecule has 0 amide bonds. The van der Waals surface area contributed by atoms with Crippen LogP contribution in [0.1, 0.15) is 18.9 Å². The molecule has 19 heavy (non-hydrogen) atoms. The summed E-state index contributed by atoms with van der Waals surface area (Å²) in [4.78, 5) is 23.4. The number of carbonyl (C=O) groups is 1. The minimum Gasteiger partial charge on any atom is -0.466 e. The molecule has 0 saturated heterocycles. The summed E-state index contributed by atoms with van der Waals surface area (Å²) < 4.78 is 4.85. The minimum absolute atomic E-state index is 0.0695. The highest BCUT2D eigenvalue weighted by Crippen LogP contribution is 2.23. The summed E-state index contributed by atoms with van der Waals surface area (Å²) in [5.41, 5.74) is 1.75. The van der Waals surface area contributed by atoms with E-state index in [1.54, 1.807) is 13.0 Å². The highest BCUT2D eigenvalue weighted by atomic mass is 16.6. The van der Waals surface area contributed by atoms with Crippen LogP contribution in [0.25, 0.3) is 0 Å².